The lowest BCUT2D eigenvalue weighted by molar-refractivity contribution is -0.277. The number of Topliss-reactive ketones (excluding diaryl/α,β-unsaturated/α-hetero) is 10. The van der Waals surface area contributed by atoms with Crippen LogP contribution in [0.25, 0.3) is 0 Å². The van der Waals surface area contributed by atoms with Crippen molar-refractivity contribution in [1.82, 2.24) is 0 Å². The Morgan fingerprint density at radius 1 is 0.283 bits per heavy atom. The predicted molar refractivity (Wildman–Crippen MR) is 170 cm³/mol. The molecular weight excluding hydrogens is 592 g/mol. The van der Waals surface area contributed by atoms with Gasteiger partial charge in [-0.2, -0.15) is 0 Å². The van der Waals surface area contributed by atoms with Crippen LogP contribution in [0.15, 0.2) is 0 Å². The van der Waals surface area contributed by atoms with E-state index < -0.39 is 123 Å². The average molecular weight is 645 g/mol. The highest BCUT2D eigenvalue weighted by molar-refractivity contribution is 5.90. The van der Waals surface area contributed by atoms with E-state index in [1.54, 1.807) is 0 Å². The molecule has 1 aliphatic rings. The minimum atomic E-state index is -1.90. The van der Waals surface area contributed by atoms with Crippen molar-refractivity contribution in [3.05, 3.63) is 0 Å². The zero-order valence-corrected chi connectivity index (χ0v) is 29.4. The van der Waals surface area contributed by atoms with E-state index in [1.165, 1.54) is 69.2 Å². The van der Waals surface area contributed by atoms with Gasteiger partial charge in [0.2, 0.25) is 0 Å². The molecule has 256 valence electrons. The van der Waals surface area contributed by atoms with Crippen LogP contribution in [0.5, 0.6) is 0 Å². The summed E-state index contributed by atoms with van der Waals surface area (Å²) < 4.78 is 0. The van der Waals surface area contributed by atoms with Crippen LogP contribution < -0.4 is 0 Å². The summed E-state index contributed by atoms with van der Waals surface area (Å²) in [5.41, 5.74) is -8.76. The van der Waals surface area contributed by atoms with Gasteiger partial charge in [0.25, 0.3) is 0 Å². The van der Waals surface area contributed by atoms with Crippen molar-refractivity contribution in [1.29, 1.82) is 0 Å². The monoisotopic (exact) mass is 644 g/mol. The molecule has 0 atom stereocenters. The largest absolute Gasteiger partial charge is 0.300 e. The number of rotatable bonds is 20. The summed E-state index contributed by atoms with van der Waals surface area (Å²) in [6.07, 6.45) is -4.61. The molecule has 46 heavy (non-hydrogen) atoms. The maximum absolute atomic E-state index is 13.6. The summed E-state index contributed by atoms with van der Waals surface area (Å²) in [7, 11) is 0. The molecule has 10 heteroatoms. The van der Waals surface area contributed by atoms with E-state index in [4.69, 9.17) is 0 Å². The highest BCUT2D eigenvalue weighted by Crippen LogP contribution is 2.81. The van der Waals surface area contributed by atoms with E-state index in [2.05, 4.69) is 0 Å². The third-order valence-electron chi connectivity index (χ3n) is 10.2. The molecule has 0 aromatic rings. The second-order valence-electron chi connectivity index (χ2n) is 14.8. The van der Waals surface area contributed by atoms with Gasteiger partial charge in [-0.25, -0.2) is 0 Å². The van der Waals surface area contributed by atoms with E-state index in [1.807, 2.05) is 0 Å². The van der Waals surface area contributed by atoms with E-state index in [9.17, 15) is 47.9 Å². The first-order valence-electron chi connectivity index (χ1n) is 15.8. The standard InChI is InChI=1S/C36H52O10/c1-22(37)11-32(12-23(2)38)21-33(13-24(3)39,14-25(4)40)35(17-28(7)43,18-29(8)44)36(19-30(9)45,20-31(10)46)34(32,15-26(5)41)16-27(6)42/h11-21H2,1-10H3. The first kappa shape index (κ1) is 40.7. The van der Waals surface area contributed by atoms with E-state index in [0.29, 0.717) is 0 Å². The Kier molecular flexibility index (Phi) is 13.3. The first-order valence-corrected chi connectivity index (χ1v) is 15.8. The minimum Gasteiger partial charge on any atom is -0.300 e. The molecule has 0 unspecified atom stereocenters. The molecule has 0 aliphatic heterocycles. The Balaban J connectivity index is 5.24. The van der Waals surface area contributed by atoms with Gasteiger partial charge in [0.1, 0.15) is 57.8 Å². The third kappa shape index (κ3) is 8.15. The van der Waals surface area contributed by atoms with Gasteiger partial charge in [-0.3, -0.25) is 0 Å². The molecule has 0 spiro atoms. The molecular formula is C36H52O10. The molecule has 0 heterocycles. The normalized spacial score (nSPS) is 18.6. The molecule has 0 bridgehead atoms. The third-order valence-corrected chi connectivity index (χ3v) is 10.2. The fourth-order valence-corrected chi connectivity index (χ4v) is 10.3. The van der Waals surface area contributed by atoms with Gasteiger partial charge in [0.05, 0.1) is 0 Å². The van der Waals surface area contributed by atoms with Crippen LogP contribution in [0, 0.1) is 27.1 Å². The van der Waals surface area contributed by atoms with Crippen molar-refractivity contribution in [2.45, 2.75) is 140 Å². The molecule has 1 rings (SSSR count). The van der Waals surface area contributed by atoms with Crippen LogP contribution in [0.2, 0.25) is 0 Å². The van der Waals surface area contributed by atoms with Gasteiger partial charge in [0.15, 0.2) is 0 Å². The Hall–Kier alpha value is -3.30. The summed E-state index contributed by atoms with van der Waals surface area (Å²) in [6.45, 7) is 12.7. The van der Waals surface area contributed by atoms with Crippen molar-refractivity contribution >= 4 is 57.8 Å². The lowest BCUT2D eigenvalue weighted by Gasteiger charge is -2.76. The Morgan fingerprint density at radius 2 is 0.435 bits per heavy atom. The van der Waals surface area contributed by atoms with E-state index in [-0.39, 0.29) is 32.1 Å². The second kappa shape index (κ2) is 15.1. The Morgan fingerprint density at radius 3 is 0.587 bits per heavy atom. The Bertz CT molecular complexity index is 1170. The number of carbonyl (C=O) groups is 10. The van der Waals surface area contributed by atoms with Crippen LogP contribution in [0.4, 0.5) is 0 Å². The molecule has 0 amide bonds. The molecule has 0 aromatic carbocycles. The number of carbonyl (C=O) groups excluding carboxylic acids is 10. The summed E-state index contributed by atoms with van der Waals surface area (Å²) in [4.78, 5) is 135. The number of hydrogen-bond donors (Lipinski definition) is 0. The average Bonchev–Trinajstić information content (AvgIpc) is 2.77. The maximum Gasteiger partial charge on any atom is 0.130 e. The van der Waals surface area contributed by atoms with Crippen molar-refractivity contribution in [2.75, 3.05) is 0 Å². The number of ketones is 10. The SMILES string of the molecule is CC(=O)CC1(CC(C)=O)CC(CC(C)=O)(CC(C)=O)C(CC(C)=O)(CC(C)=O)C(CC(C)=O)(CC(C)=O)C1(CC(C)=O)CC(C)=O. The lowest BCUT2D eigenvalue weighted by atomic mass is 9.25. The molecule has 10 nitrogen and oxygen atoms in total. The van der Waals surface area contributed by atoms with Gasteiger partial charge in [-0.1, -0.05) is 0 Å². The van der Waals surface area contributed by atoms with E-state index >= 15 is 0 Å². The summed E-state index contributed by atoms with van der Waals surface area (Å²) in [6, 6.07) is 0. The van der Waals surface area contributed by atoms with Crippen LogP contribution in [0.3, 0.4) is 0 Å². The molecule has 0 N–H and O–H groups in total. The highest BCUT2D eigenvalue weighted by Gasteiger charge is 2.79. The fourth-order valence-electron chi connectivity index (χ4n) is 10.3. The van der Waals surface area contributed by atoms with Crippen molar-refractivity contribution in [3.63, 3.8) is 0 Å². The predicted octanol–water partition coefficient (Wildman–Crippen LogP) is 5.11. The maximum atomic E-state index is 13.6. The number of hydrogen-bond acceptors (Lipinski definition) is 10. The summed E-state index contributed by atoms with van der Waals surface area (Å²) in [5.74, 6) is -4.47. The first-order chi connectivity index (χ1) is 20.9. The molecule has 0 aromatic heterocycles. The summed E-state index contributed by atoms with van der Waals surface area (Å²) in [5, 5.41) is 0. The smallest absolute Gasteiger partial charge is 0.130 e. The van der Waals surface area contributed by atoms with Crippen LogP contribution >= 0.6 is 0 Å². The minimum absolute atomic E-state index is 0.253. The van der Waals surface area contributed by atoms with Crippen molar-refractivity contribution < 1.29 is 47.9 Å². The van der Waals surface area contributed by atoms with Crippen molar-refractivity contribution in [3.8, 4) is 0 Å². The van der Waals surface area contributed by atoms with Crippen LogP contribution in [-0.4, -0.2) is 57.8 Å². The van der Waals surface area contributed by atoms with Crippen LogP contribution in [0.1, 0.15) is 140 Å². The van der Waals surface area contributed by atoms with Gasteiger partial charge >= 0.3 is 0 Å². The van der Waals surface area contributed by atoms with Gasteiger partial charge in [0, 0.05) is 64.2 Å². The quantitative estimate of drug-likeness (QED) is 0.173. The van der Waals surface area contributed by atoms with Gasteiger partial charge < -0.3 is 47.9 Å². The molecule has 1 aliphatic carbocycles. The van der Waals surface area contributed by atoms with Crippen LogP contribution in [-0.2, 0) is 47.9 Å². The summed E-state index contributed by atoms with van der Waals surface area (Å²) >= 11 is 0. The molecule has 0 radical (unpaired) electrons. The lowest BCUT2D eigenvalue weighted by Crippen LogP contribution is -2.74. The molecule has 1 fully saturated rings. The molecule has 0 saturated heterocycles. The zero-order chi connectivity index (χ0) is 36.1. The van der Waals surface area contributed by atoms with Crippen molar-refractivity contribution in [2.24, 2.45) is 27.1 Å². The Labute approximate surface area is 272 Å². The second-order valence-corrected chi connectivity index (χ2v) is 14.8. The fraction of sp³-hybridized carbons (Fsp3) is 0.722. The van der Waals surface area contributed by atoms with Gasteiger partial charge in [-0.15, -0.1) is 0 Å². The zero-order valence-electron chi connectivity index (χ0n) is 29.4. The van der Waals surface area contributed by atoms with E-state index in [0.717, 1.165) is 0 Å². The highest BCUT2D eigenvalue weighted by atomic mass is 16.2. The topological polar surface area (TPSA) is 171 Å². The molecule has 1 saturated carbocycles. The van der Waals surface area contributed by atoms with Gasteiger partial charge in [-0.05, 0) is 103 Å².